The quantitative estimate of drug-likeness (QED) is 0.653. The van der Waals surface area contributed by atoms with E-state index in [9.17, 15) is 4.79 Å². The van der Waals surface area contributed by atoms with Crippen molar-refractivity contribution in [1.29, 1.82) is 0 Å². The molecule has 24 heavy (non-hydrogen) atoms. The summed E-state index contributed by atoms with van der Waals surface area (Å²) in [6.45, 7) is 6.59. The summed E-state index contributed by atoms with van der Waals surface area (Å²) in [5.74, 6) is 0.599. The van der Waals surface area contributed by atoms with Gasteiger partial charge >= 0.3 is 0 Å². The van der Waals surface area contributed by atoms with Gasteiger partial charge in [0.25, 0.3) is 5.91 Å². The van der Waals surface area contributed by atoms with Gasteiger partial charge in [0.1, 0.15) is 5.76 Å². The van der Waals surface area contributed by atoms with E-state index in [-0.39, 0.29) is 5.91 Å². The average molecular weight is 405 g/mol. The highest BCUT2D eigenvalue weighted by Crippen LogP contribution is 2.35. The molecule has 0 bridgehead atoms. The lowest BCUT2D eigenvalue weighted by Crippen LogP contribution is -2.28. The number of halogens is 1. The zero-order valence-electron chi connectivity index (χ0n) is 13.7. The molecule has 1 aromatic carbocycles. The third-order valence-corrected chi connectivity index (χ3v) is 5.15. The first kappa shape index (κ1) is 17.0. The fourth-order valence-electron chi connectivity index (χ4n) is 2.48. The van der Waals surface area contributed by atoms with E-state index in [2.05, 4.69) is 15.9 Å². The van der Waals surface area contributed by atoms with Crippen molar-refractivity contribution in [2.24, 2.45) is 4.99 Å². The van der Waals surface area contributed by atoms with Gasteiger partial charge in [0, 0.05) is 12.6 Å². The molecule has 4 nitrogen and oxygen atoms in total. The zero-order valence-corrected chi connectivity index (χ0v) is 16.1. The maximum absolute atomic E-state index is 12.6. The topological polar surface area (TPSA) is 45.8 Å². The Balaban J connectivity index is 1.99. The summed E-state index contributed by atoms with van der Waals surface area (Å²) < 4.78 is 6.11. The second-order valence-corrected chi connectivity index (χ2v) is 7.23. The first-order valence-corrected chi connectivity index (χ1v) is 9.22. The van der Waals surface area contributed by atoms with Gasteiger partial charge in [-0.3, -0.25) is 9.69 Å². The van der Waals surface area contributed by atoms with E-state index in [1.54, 1.807) is 17.0 Å². The molecule has 2 heterocycles. The molecule has 0 radical (unpaired) electrons. The molecule has 0 aliphatic carbocycles. The summed E-state index contributed by atoms with van der Waals surface area (Å²) in [5.41, 5.74) is 3.12. The first-order chi connectivity index (χ1) is 11.5. The Bertz CT molecular complexity index is 834. The number of aliphatic imine (C=N–C) groups is 1. The number of carbonyl (C=O) groups is 1. The van der Waals surface area contributed by atoms with Crippen LogP contribution in [0.4, 0.5) is 5.69 Å². The van der Waals surface area contributed by atoms with Crippen LogP contribution in [0.3, 0.4) is 0 Å². The van der Waals surface area contributed by atoms with E-state index in [4.69, 9.17) is 9.41 Å². The molecule has 0 saturated carbocycles. The Morgan fingerprint density at radius 3 is 2.54 bits per heavy atom. The van der Waals surface area contributed by atoms with Crippen LogP contribution in [-0.2, 0) is 4.79 Å². The average Bonchev–Trinajstić information content (AvgIpc) is 3.07. The fraction of sp³-hybridized carbons (Fsp3) is 0.222. The molecule has 0 atom stereocenters. The van der Waals surface area contributed by atoms with Crippen LogP contribution in [0.2, 0.25) is 0 Å². The molecule has 124 valence electrons. The summed E-state index contributed by atoms with van der Waals surface area (Å²) in [7, 11) is 0. The molecule has 1 fully saturated rings. The minimum absolute atomic E-state index is 0.0417. The van der Waals surface area contributed by atoms with Gasteiger partial charge in [0.15, 0.2) is 9.84 Å². The van der Waals surface area contributed by atoms with Crippen LogP contribution in [0, 0.1) is 13.8 Å². The van der Waals surface area contributed by atoms with Gasteiger partial charge in [0.05, 0.1) is 10.6 Å². The van der Waals surface area contributed by atoms with E-state index in [1.807, 2.05) is 45.0 Å². The van der Waals surface area contributed by atoms with Crippen LogP contribution in [-0.4, -0.2) is 22.5 Å². The van der Waals surface area contributed by atoms with E-state index >= 15 is 0 Å². The standard InChI is InChI=1S/C18H17BrN2O2S/c1-4-21-17(22)14(10-13-8-9-15(19)23-13)24-18(21)20-16-11(2)6-5-7-12(16)3/h5-10H,4H2,1-3H3/b14-10+,20-18?. The number of hydrogen-bond donors (Lipinski definition) is 0. The smallest absolute Gasteiger partial charge is 0.266 e. The van der Waals surface area contributed by atoms with Gasteiger partial charge in [-0.05, 0) is 71.7 Å². The van der Waals surface area contributed by atoms with Gasteiger partial charge in [0.2, 0.25) is 0 Å². The van der Waals surface area contributed by atoms with Gasteiger partial charge in [-0.25, -0.2) is 4.99 Å². The molecule has 1 amide bonds. The van der Waals surface area contributed by atoms with E-state index < -0.39 is 0 Å². The van der Waals surface area contributed by atoms with Crippen molar-refractivity contribution >= 4 is 50.5 Å². The van der Waals surface area contributed by atoms with Crippen molar-refractivity contribution in [2.45, 2.75) is 20.8 Å². The van der Waals surface area contributed by atoms with Crippen LogP contribution in [0.5, 0.6) is 0 Å². The van der Waals surface area contributed by atoms with Crippen molar-refractivity contribution in [1.82, 2.24) is 4.90 Å². The van der Waals surface area contributed by atoms with Gasteiger partial charge < -0.3 is 4.42 Å². The Kier molecular flexibility index (Phi) is 4.96. The molecule has 0 spiro atoms. The molecular formula is C18H17BrN2O2S. The van der Waals surface area contributed by atoms with Crippen LogP contribution in [0.25, 0.3) is 6.08 Å². The summed E-state index contributed by atoms with van der Waals surface area (Å²) in [4.78, 5) is 19.7. The highest BCUT2D eigenvalue weighted by atomic mass is 79.9. The van der Waals surface area contributed by atoms with Crippen LogP contribution in [0.1, 0.15) is 23.8 Å². The van der Waals surface area contributed by atoms with Crippen molar-refractivity contribution in [3.63, 3.8) is 0 Å². The SMILES string of the molecule is CCN1C(=O)/C(=C\c2ccc(Br)o2)SC1=Nc1c(C)cccc1C. The number of amidine groups is 1. The van der Waals surface area contributed by atoms with E-state index in [0.29, 0.717) is 27.0 Å². The predicted octanol–water partition coefficient (Wildman–Crippen LogP) is 5.28. The van der Waals surface area contributed by atoms with Gasteiger partial charge in [-0.15, -0.1) is 0 Å². The van der Waals surface area contributed by atoms with E-state index in [0.717, 1.165) is 16.8 Å². The van der Waals surface area contributed by atoms with Crippen molar-refractivity contribution in [3.8, 4) is 0 Å². The monoisotopic (exact) mass is 404 g/mol. The third kappa shape index (κ3) is 3.35. The van der Waals surface area contributed by atoms with Crippen LogP contribution in [0.15, 0.2) is 49.3 Å². The molecule has 6 heteroatoms. The summed E-state index contributed by atoms with van der Waals surface area (Å²) in [6.07, 6.45) is 1.76. The Morgan fingerprint density at radius 1 is 1.25 bits per heavy atom. The second-order valence-electron chi connectivity index (χ2n) is 5.44. The van der Waals surface area contributed by atoms with Gasteiger partial charge in [-0.2, -0.15) is 0 Å². The molecule has 1 aliphatic heterocycles. The summed E-state index contributed by atoms with van der Waals surface area (Å²) in [5, 5.41) is 0.705. The number of hydrogen-bond acceptors (Lipinski definition) is 4. The second kappa shape index (κ2) is 6.99. The van der Waals surface area contributed by atoms with Crippen LogP contribution >= 0.6 is 27.7 Å². The number of thioether (sulfide) groups is 1. The number of para-hydroxylation sites is 1. The van der Waals surface area contributed by atoms with Gasteiger partial charge in [-0.1, -0.05) is 18.2 Å². The number of likely N-dealkylation sites (N-methyl/N-ethyl adjacent to an activating group) is 1. The first-order valence-electron chi connectivity index (χ1n) is 7.61. The number of furan rings is 1. The number of carbonyl (C=O) groups excluding carboxylic acids is 1. The molecule has 2 aromatic rings. The summed E-state index contributed by atoms with van der Waals surface area (Å²) >= 11 is 4.65. The Labute approximate surface area is 153 Å². The third-order valence-electron chi connectivity index (χ3n) is 3.72. The molecule has 0 N–H and O–H groups in total. The molecule has 1 aliphatic rings. The zero-order chi connectivity index (χ0) is 17.3. The molecule has 1 aromatic heterocycles. The maximum atomic E-state index is 12.6. The summed E-state index contributed by atoms with van der Waals surface area (Å²) in [6, 6.07) is 9.70. The van der Waals surface area contributed by atoms with Crippen molar-refractivity contribution < 1.29 is 9.21 Å². The molecule has 0 unspecified atom stereocenters. The lowest BCUT2D eigenvalue weighted by Gasteiger charge is -2.13. The number of benzene rings is 1. The lowest BCUT2D eigenvalue weighted by atomic mass is 10.1. The normalized spacial score (nSPS) is 18.2. The van der Waals surface area contributed by atoms with Crippen molar-refractivity contribution in [3.05, 3.63) is 56.8 Å². The Morgan fingerprint density at radius 2 is 1.96 bits per heavy atom. The maximum Gasteiger partial charge on any atom is 0.266 e. The number of aryl methyl sites for hydroxylation is 2. The fourth-order valence-corrected chi connectivity index (χ4v) is 3.83. The highest BCUT2D eigenvalue weighted by molar-refractivity contribution is 9.10. The minimum atomic E-state index is -0.0417. The van der Waals surface area contributed by atoms with Crippen LogP contribution < -0.4 is 0 Å². The van der Waals surface area contributed by atoms with Crippen molar-refractivity contribution in [2.75, 3.05) is 6.54 Å². The predicted molar refractivity (Wildman–Crippen MR) is 102 cm³/mol. The molecular weight excluding hydrogens is 388 g/mol. The number of rotatable bonds is 3. The number of nitrogens with zero attached hydrogens (tertiary/aromatic N) is 2. The lowest BCUT2D eigenvalue weighted by molar-refractivity contribution is -0.122. The van der Waals surface area contributed by atoms with E-state index in [1.165, 1.54) is 11.8 Å². The highest BCUT2D eigenvalue weighted by Gasteiger charge is 2.32. The Hall–Kier alpha value is -1.79. The number of amides is 1. The molecule has 1 saturated heterocycles. The largest absolute Gasteiger partial charge is 0.450 e. The molecule has 3 rings (SSSR count). The minimum Gasteiger partial charge on any atom is -0.450 e.